The molecule has 0 radical (unpaired) electrons. The normalized spacial score (nSPS) is 19.3. The average Bonchev–Trinajstić information content (AvgIpc) is 2.68. The number of rotatable bonds is 10. The second-order valence-electron chi connectivity index (χ2n) is 4.31. The Kier molecular flexibility index (Phi) is 7.71. The molecule has 0 bridgehead atoms. The van der Waals surface area contributed by atoms with Crippen LogP contribution >= 0.6 is 0 Å². The van der Waals surface area contributed by atoms with Gasteiger partial charge < -0.3 is 25.0 Å². The summed E-state index contributed by atoms with van der Waals surface area (Å²) in [4.78, 5) is 13.2. The third-order valence-electron chi connectivity index (χ3n) is 2.86. The van der Waals surface area contributed by atoms with Gasteiger partial charge in [0.15, 0.2) is 0 Å². The molecule has 6 heteroatoms. The molecule has 1 aliphatic rings. The number of hydrogen-bond acceptors (Lipinski definition) is 4. The Morgan fingerprint density at radius 3 is 2.67 bits per heavy atom. The third kappa shape index (κ3) is 5.66. The summed E-state index contributed by atoms with van der Waals surface area (Å²) in [6.07, 6.45) is 0. The molecule has 18 heavy (non-hydrogen) atoms. The molecule has 1 aliphatic heterocycles. The number of ether oxygens (including phenoxy) is 2. The molecule has 1 fully saturated rings. The standard InChI is InChI=1S/C12H25N3O3/c1-3-13-4-6-17-8-9-18-7-5-15-11(2)10-14-12(15)16/h11,13H,3-10H2,1-2H3,(H,14,16). The monoisotopic (exact) mass is 259 g/mol. The Morgan fingerprint density at radius 2 is 2.06 bits per heavy atom. The number of nitrogens with zero attached hydrogens (tertiary/aromatic N) is 1. The fraction of sp³-hybridized carbons (Fsp3) is 0.917. The zero-order valence-corrected chi connectivity index (χ0v) is 11.4. The summed E-state index contributed by atoms with van der Waals surface area (Å²) in [5.41, 5.74) is 0. The highest BCUT2D eigenvalue weighted by Gasteiger charge is 2.26. The molecule has 2 amide bonds. The maximum absolute atomic E-state index is 11.4. The van der Waals surface area contributed by atoms with Crippen LogP contribution in [0.5, 0.6) is 0 Å². The van der Waals surface area contributed by atoms with E-state index in [0.29, 0.717) is 33.0 Å². The Bertz CT molecular complexity index is 239. The molecule has 2 N–H and O–H groups in total. The minimum absolute atomic E-state index is 0.00740. The highest BCUT2D eigenvalue weighted by Crippen LogP contribution is 2.04. The lowest BCUT2D eigenvalue weighted by Gasteiger charge is -2.19. The number of carbonyl (C=O) groups excluding carboxylic acids is 1. The van der Waals surface area contributed by atoms with Gasteiger partial charge in [0.05, 0.1) is 26.4 Å². The number of amides is 2. The quantitative estimate of drug-likeness (QED) is 0.544. The zero-order chi connectivity index (χ0) is 13.2. The van der Waals surface area contributed by atoms with Crippen LogP contribution in [0, 0.1) is 0 Å². The summed E-state index contributed by atoms with van der Waals surface area (Å²) in [5.74, 6) is 0. The Morgan fingerprint density at radius 1 is 1.33 bits per heavy atom. The van der Waals surface area contributed by atoms with Gasteiger partial charge in [-0.05, 0) is 13.5 Å². The Hall–Kier alpha value is -0.850. The molecule has 1 unspecified atom stereocenters. The van der Waals surface area contributed by atoms with Crippen LogP contribution in [-0.4, -0.2) is 69.6 Å². The maximum atomic E-state index is 11.4. The van der Waals surface area contributed by atoms with Crippen molar-refractivity contribution in [3.8, 4) is 0 Å². The first-order chi connectivity index (χ1) is 8.75. The number of hydrogen-bond donors (Lipinski definition) is 2. The summed E-state index contributed by atoms with van der Waals surface area (Å²) >= 11 is 0. The second-order valence-corrected chi connectivity index (χ2v) is 4.31. The van der Waals surface area contributed by atoms with Crippen LogP contribution in [0.15, 0.2) is 0 Å². The van der Waals surface area contributed by atoms with Crippen molar-refractivity contribution >= 4 is 6.03 Å². The molecule has 1 saturated heterocycles. The van der Waals surface area contributed by atoms with E-state index < -0.39 is 0 Å². The van der Waals surface area contributed by atoms with Gasteiger partial charge in [-0.15, -0.1) is 0 Å². The molecule has 0 aromatic carbocycles. The van der Waals surface area contributed by atoms with Gasteiger partial charge in [-0.2, -0.15) is 0 Å². The van der Waals surface area contributed by atoms with Crippen molar-refractivity contribution < 1.29 is 14.3 Å². The maximum Gasteiger partial charge on any atom is 0.317 e. The van der Waals surface area contributed by atoms with Gasteiger partial charge in [0.25, 0.3) is 0 Å². The molecule has 0 aliphatic carbocycles. The molecular weight excluding hydrogens is 234 g/mol. The van der Waals surface area contributed by atoms with Crippen LogP contribution in [0.1, 0.15) is 13.8 Å². The third-order valence-corrected chi connectivity index (χ3v) is 2.86. The molecule has 0 aromatic rings. The van der Waals surface area contributed by atoms with Gasteiger partial charge in [-0.3, -0.25) is 0 Å². The highest BCUT2D eigenvalue weighted by atomic mass is 16.5. The van der Waals surface area contributed by atoms with E-state index >= 15 is 0 Å². The van der Waals surface area contributed by atoms with Gasteiger partial charge in [0.1, 0.15) is 0 Å². The van der Waals surface area contributed by atoms with E-state index in [9.17, 15) is 4.79 Å². The van der Waals surface area contributed by atoms with Crippen molar-refractivity contribution in [1.82, 2.24) is 15.5 Å². The highest BCUT2D eigenvalue weighted by molar-refractivity contribution is 5.76. The molecule has 1 rings (SSSR count). The van der Waals surface area contributed by atoms with Crippen molar-refractivity contribution in [2.24, 2.45) is 0 Å². The van der Waals surface area contributed by atoms with Gasteiger partial charge >= 0.3 is 6.03 Å². The Balaban J connectivity index is 1.88. The predicted molar refractivity (Wildman–Crippen MR) is 69.7 cm³/mol. The molecule has 0 saturated carbocycles. The predicted octanol–water partition coefficient (Wildman–Crippen LogP) is 0.0428. The minimum atomic E-state index is 0.00740. The van der Waals surface area contributed by atoms with E-state index in [2.05, 4.69) is 17.6 Å². The number of carbonyl (C=O) groups is 1. The van der Waals surface area contributed by atoms with E-state index in [-0.39, 0.29) is 12.1 Å². The zero-order valence-electron chi connectivity index (χ0n) is 11.4. The van der Waals surface area contributed by atoms with Crippen LogP contribution in [0.25, 0.3) is 0 Å². The van der Waals surface area contributed by atoms with Crippen molar-refractivity contribution in [2.45, 2.75) is 19.9 Å². The second kappa shape index (κ2) is 9.13. The SMILES string of the molecule is CCNCCOCCOCCN1C(=O)NCC1C. The van der Waals surface area contributed by atoms with Crippen LogP contribution < -0.4 is 10.6 Å². The number of likely N-dealkylation sites (N-methyl/N-ethyl adjacent to an activating group) is 1. The lowest BCUT2D eigenvalue weighted by atomic mass is 10.3. The number of urea groups is 1. The summed E-state index contributed by atoms with van der Waals surface area (Å²) < 4.78 is 10.8. The molecule has 106 valence electrons. The lowest BCUT2D eigenvalue weighted by molar-refractivity contribution is 0.0422. The van der Waals surface area contributed by atoms with Crippen LogP contribution in [0.2, 0.25) is 0 Å². The molecule has 0 aromatic heterocycles. The number of nitrogens with one attached hydrogen (secondary N) is 2. The van der Waals surface area contributed by atoms with E-state index in [0.717, 1.165) is 19.6 Å². The smallest absolute Gasteiger partial charge is 0.317 e. The summed E-state index contributed by atoms with van der Waals surface area (Å²) in [7, 11) is 0. The van der Waals surface area contributed by atoms with Gasteiger partial charge in [-0.1, -0.05) is 6.92 Å². The van der Waals surface area contributed by atoms with Gasteiger partial charge in [-0.25, -0.2) is 4.79 Å². The molecule has 1 heterocycles. The summed E-state index contributed by atoms with van der Waals surface area (Å²) in [5, 5.41) is 5.98. The first-order valence-corrected chi connectivity index (χ1v) is 6.66. The summed E-state index contributed by atoms with van der Waals surface area (Å²) in [6.45, 7) is 9.77. The topological polar surface area (TPSA) is 62.8 Å². The fourth-order valence-electron chi connectivity index (χ4n) is 1.77. The van der Waals surface area contributed by atoms with E-state index in [1.165, 1.54) is 0 Å². The van der Waals surface area contributed by atoms with Gasteiger partial charge in [0, 0.05) is 25.7 Å². The van der Waals surface area contributed by atoms with Crippen LogP contribution in [-0.2, 0) is 9.47 Å². The van der Waals surface area contributed by atoms with Crippen LogP contribution in [0.3, 0.4) is 0 Å². The van der Waals surface area contributed by atoms with Crippen molar-refractivity contribution in [3.05, 3.63) is 0 Å². The fourth-order valence-corrected chi connectivity index (χ4v) is 1.77. The molecule has 0 spiro atoms. The van der Waals surface area contributed by atoms with Crippen molar-refractivity contribution in [3.63, 3.8) is 0 Å². The van der Waals surface area contributed by atoms with Crippen molar-refractivity contribution in [1.29, 1.82) is 0 Å². The average molecular weight is 259 g/mol. The summed E-state index contributed by atoms with van der Waals surface area (Å²) in [6, 6.07) is 0.269. The first kappa shape index (κ1) is 15.2. The molecular formula is C12H25N3O3. The van der Waals surface area contributed by atoms with Crippen LogP contribution in [0.4, 0.5) is 4.79 Å². The van der Waals surface area contributed by atoms with Gasteiger partial charge in [0.2, 0.25) is 0 Å². The largest absolute Gasteiger partial charge is 0.378 e. The first-order valence-electron chi connectivity index (χ1n) is 6.66. The molecule has 1 atom stereocenters. The van der Waals surface area contributed by atoms with E-state index in [4.69, 9.17) is 9.47 Å². The van der Waals surface area contributed by atoms with E-state index in [1.54, 1.807) is 4.90 Å². The lowest BCUT2D eigenvalue weighted by Crippen LogP contribution is -2.35. The minimum Gasteiger partial charge on any atom is -0.378 e. The van der Waals surface area contributed by atoms with E-state index in [1.807, 2.05) is 6.92 Å². The molecule has 6 nitrogen and oxygen atoms in total. The Labute approximate surface area is 109 Å². The van der Waals surface area contributed by atoms with Crippen molar-refractivity contribution in [2.75, 3.05) is 52.6 Å².